The van der Waals surface area contributed by atoms with E-state index in [1.807, 2.05) is 0 Å². The molecule has 1 N–H and O–H groups in total. The number of carbonyl (C=O) groups excluding carboxylic acids is 1. The van der Waals surface area contributed by atoms with E-state index in [-0.39, 0.29) is 12.1 Å². The minimum atomic E-state index is -0.705. The van der Waals surface area contributed by atoms with Gasteiger partial charge in [-0.2, -0.15) is 0 Å². The number of hydrogen-bond acceptors (Lipinski definition) is 3. The molecule has 0 aromatic carbocycles. The van der Waals surface area contributed by atoms with Crippen molar-refractivity contribution in [2.75, 3.05) is 0 Å². The Morgan fingerprint density at radius 2 is 2.00 bits per heavy atom. The normalized spacial score (nSPS) is 42.0. The number of carboxylic acids is 1. The van der Waals surface area contributed by atoms with Crippen molar-refractivity contribution in [3.05, 3.63) is 12.2 Å². The van der Waals surface area contributed by atoms with Gasteiger partial charge in [0.25, 0.3) is 0 Å². The van der Waals surface area contributed by atoms with Crippen molar-refractivity contribution in [1.82, 2.24) is 0 Å². The van der Waals surface area contributed by atoms with Gasteiger partial charge in [-0.15, -0.1) is 0 Å². The van der Waals surface area contributed by atoms with Crippen molar-refractivity contribution in [2.24, 2.45) is 23.2 Å². The number of esters is 1. The van der Waals surface area contributed by atoms with Crippen LogP contribution in [0.4, 0.5) is 0 Å². The average Bonchev–Trinajstić information content (AvgIpc) is 2.36. The molecule has 3 saturated carbocycles. The molecule has 5 unspecified atom stereocenters. The minimum absolute atomic E-state index is 0.240. The molecule has 4 heteroatoms. The SMILES string of the molecule is C=C(C)C(=O)OC1CC2(C(=O)O)CC3CCC1C(C3)C2. The zero-order valence-electron chi connectivity index (χ0n) is 11.9. The molecule has 0 aromatic heterocycles. The standard InChI is InChI=1S/C16H22O4/c1-9(2)14(17)20-13-8-16(15(18)19)6-10-3-4-12(13)11(5-10)7-16/h10-13H,1,3-8H2,2H3,(H,18,19). The van der Waals surface area contributed by atoms with Crippen LogP contribution < -0.4 is 0 Å². The highest BCUT2D eigenvalue weighted by molar-refractivity contribution is 5.87. The van der Waals surface area contributed by atoms with Gasteiger partial charge in [-0.1, -0.05) is 6.58 Å². The third-order valence-electron chi connectivity index (χ3n) is 5.61. The van der Waals surface area contributed by atoms with Crippen LogP contribution in [0.15, 0.2) is 12.2 Å². The van der Waals surface area contributed by atoms with Crippen LogP contribution in [0, 0.1) is 23.2 Å². The van der Waals surface area contributed by atoms with Crippen LogP contribution in [-0.4, -0.2) is 23.1 Å². The van der Waals surface area contributed by atoms with Crippen molar-refractivity contribution in [3.63, 3.8) is 0 Å². The number of hydrogen-bond donors (Lipinski definition) is 1. The quantitative estimate of drug-likeness (QED) is 0.637. The van der Waals surface area contributed by atoms with E-state index in [1.54, 1.807) is 6.92 Å². The van der Waals surface area contributed by atoms with E-state index in [9.17, 15) is 14.7 Å². The first-order valence-corrected chi connectivity index (χ1v) is 7.51. The van der Waals surface area contributed by atoms with Crippen molar-refractivity contribution in [3.8, 4) is 0 Å². The highest BCUT2D eigenvalue weighted by Crippen LogP contribution is 2.59. The monoisotopic (exact) mass is 278 g/mol. The maximum absolute atomic E-state index is 11.8. The topological polar surface area (TPSA) is 63.6 Å². The van der Waals surface area contributed by atoms with Gasteiger partial charge in [0.2, 0.25) is 0 Å². The van der Waals surface area contributed by atoms with Gasteiger partial charge in [-0.25, -0.2) is 4.79 Å². The van der Waals surface area contributed by atoms with Crippen LogP contribution in [-0.2, 0) is 14.3 Å². The molecule has 0 saturated heterocycles. The van der Waals surface area contributed by atoms with Crippen LogP contribution in [0.2, 0.25) is 0 Å². The summed E-state index contributed by atoms with van der Waals surface area (Å²) in [7, 11) is 0. The van der Waals surface area contributed by atoms with Gasteiger partial charge in [-0.3, -0.25) is 4.79 Å². The van der Waals surface area contributed by atoms with E-state index in [2.05, 4.69) is 6.58 Å². The minimum Gasteiger partial charge on any atom is -0.481 e. The molecule has 0 amide bonds. The number of aliphatic carboxylic acids is 1. The molecule has 20 heavy (non-hydrogen) atoms. The molecular weight excluding hydrogens is 256 g/mol. The Morgan fingerprint density at radius 3 is 2.65 bits per heavy atom. The first-order valence-electron chi connectivity index (χ1n) is 7.51. The molecule has 110 valence electrons. The summed E-state index contributed by atoms with van der Waals surface area (Å²) >= 11 is 0. The van der Waals surface area contributed by atoms with E-state index in [0.29, 0.717) is 29.7 Å². The molecule has 0 spiro atoms. The summed E-state index contributed by atoms with van der Waals surface area (Å²) in [4.78, 5) is 23.6. The lowest BCUT2D eigenvalue weighted by atomic mass is 9.50. The average molecular weight is 278 g/mol. The Hall–Kier alpha value is -1.32. The molecule has 0 aromatic rings. The fourth-order valence-corrected chi connectivity index (χ4v) is 4.76. The second-order valence-electron chi connectivity index (χ2n) is 7.02. The van der Waals surface area contributed by atoms with E-state index >= 15 is 0 Å². The van der Waals surface area contributed by atoms with Gasteiger partial charge in [0.05, 0.1) is 5.41 Å². The predicted molar refractivity (Wildman–Crippen MR) is 72.9 cm³/mol. The maximum Gasteiger partial charge on any atom is 0.333 e. The van der Waals surface area contributed by atoms with E-state index in [4.69, 9.17) is 4.74 Å². The Labute approximate surface area is 119 Å². The smallest absolute Gasteiger partial charge is 0.333 e. The van der Waals surface area contributed by atoms with Crippen molar-refractivity contribution >= 4 is 11.9 Å². The van der Waals surface area contributed by atoms with Gasteiger partial charge < -0.3 is 9.84 Å². The largest absolute Gasteiger partial charge is 0.481 e. The van der Waals surface area contributed by atoms with Gasteiger partial charge >= 0.3 is 11.9 Å². The molecule has 0 radical (unpaired) electrons. The predicted octanol–water partition coefficient (Wildman–Crippen LogP) is 2.78. The summed E-state index contributed by atoms with van der Waals surface area (Å²) in [5.41, 5.74) is -0.274. The molecule has 0 aliphatic heterocycles. The molecule has 3 aliphatic carbocycles. The first-order chi connectivity index (χ1) is 9.41. The third kappa shape index (κ3) is 2.05. The van der Waals surface area contributed by atoms with Crippen molar-refractivity contribution in [2.45, 2.75) is 51.6 Å². The Balaban J connectivity index is 1.86. The lowest BCUT2D eigenvalue weighted by Crippen LogP contribution is -2.54. The Bertz CT molecular complexity index is 465. The number of fused-ring (bicyclic) bond motifs is 2. The summed E-state index contributed by atoms with van der Waals surface area (Å²) in [5.74, 6) is 0.234. The fraction of sp³-hybridized carbons (Fsp3) is 0.750. The zero-order chi connectivity index (χ0) is 14.5. The molecule has 5 atom stereocenters. The van der Waals surface area contributed by atoms with Gasteiger partial charge in [0.1, 0.15) is 6.10 Å². The van der Waals surface area contributed by atoms with Crippen LogP contribution in [0.3, 0.4) is 0 Å². The summed E-state index contributed by atoms with van der Waals surface area (Å²) < 4.78 is 5.59. The molecule has 3 fully saturated rings. The molecule has 3 aliphatic rings. The number of ether oxygens (including phenoxy) is 1. The molecule has 3 rings (SSSR count). The first kappa shape index (κ1) is 13.7. The van der Waals surface area contributed by atoms with Crippen LogP contribution >= 0.6 is 0 Å². The third-order valence-corrected chi connectivity index (χ3v) is 5.61. The summed E-state index contributed by atoms with van der Waals surface area (Å²) in [5, 5.41) is 9.67. The summed E-state index contributed by atoms with van der Waals surface area (Å²) in [6.07, 6.45) is 5.03. The summed E-state index contributed by atoms with van der Waals surface area (Å²) in [6, 6.07) is 0. The van der Waals surface area contributed by atoms with Crippen LogP contribution in [0.25, 0.3) is 0 Å². The Morgan fingerprint density at radius 1 is 1.25 bits per heavy atom. The van der Waals surface area contributed by atoms with Crippen molar-refractivity contribution < 1.29 is 19.4 Å². The van der Waals surface area contributed by atoms with Crippen LogP contribution in [0.5, 0.6) is 0 Å². The summed E-state index contributed by atoms with van der Waals surface area (Å²) in [6.45, 7) is 5.25. The van der Waals surface area contributed by atoms with Gasteiger partial charge in [0, 0.05) is 12.0 Å². The molecule has 4 nitrogen and oxygen atoms in total. The van der Waals surface area contributed by atoms with Gasteiger partial charge in [0.15, 0.2) is 0 Å². The number of rotatable bonds is 3. The highest BCUT2D eigenvalue weighted by Gasteiger charge is 2.57. The van der Waals surface area contributed by atoms with E-state index in [1.165, 1.54) is 0 Å². The highest BCUT2D eigenvalue weighted by atomic mass is 16.5. The molecule has 0 heterocycles. The fourth-order valence-electron chi connectivity index (χ4n) is 4.76. The van der Waals surface area contributed by atoms with Crippen LogP contribution in [0.1, 0.15) is 45.4 Å². The second kappa shape index (κ2) is 4.61. The number of carboxylic acid groups (broad SMARTS) is 1. The zero-order valence-corrected chi connectivity index (χ0v) is 11.9. The van der Waals surface area contributed by atoms with E-state index in [0.717, 1.165) is 32.1 Å². The van der Waals surface area contributed by atoms with Crippen molar-refractivity contribution in [1.29, 1.82) is 0 Å². The molecular formula is C16H22O4. The lowest BCUT2D eigenvalue weighted by Gasteiger charge is -2.55. The van der Waals surface area contributed by atoms with Gasteiger partial charge in [-0.05, 0) is 56.8 Å². The van der Waals surface area contributed by atoms with E-state index < -0.39 is 11.4 Å². The molecule has 3 bridgehead atoms. The lowest BCUT2D eigenvalue weighted by molar-refractivity contribution is -0.182. The second-order valence-corrected chi connectivity index (χ2v) is 7.02. The number of carbonyl (C=O) groups is 2. The maximum atomic E-state index is 11.8. The Kier molecular flexibility index (Phi) is 3.14.